The fourth-order valence-corrected chi connectivity index (χ4v) is 4.32. The largest absolute Gasteiger partial charge is 0.382 e. The molecule has 0 atom stereocenters. The van der Waals surface area contributed by atoms with Gasteiger partial charge in [-0.25, -0.2) is 4.79 Å². The van der Waals surface area contributed by atoms with Crippen LogP contribution in [0.25, 0.3) is 0 Å². The van der Waals surface area contributed by atoms with Crippen molar-refractivity contribution in [1.82, 2.24) is 0 Å². The summed E-state index contributed by atoms with van der Waals surface area (Å²) in [5.74, 6) is 1.29. The SMILES string of the molecule is CCCCC1CCC(c2ccc(C(=O)OSc3ccccc3)cc2)CC1. The van der Waals surface area contributed by atoms with Crippen molar-refractivity contribution in [3.63, 3.8) is 0 Å². The van der Waals surface area contributed by atoms with Crippen LogP contribution < -0.4 is 0 Å². The highest BCUT2D eigenvalue weighted by molar-refractivity contribution is 7.95. The Balaban J connectivity index is 1.49. The molecule has 1 saturated carbocycles. The maximum atomic E-state index is 12.2. The Hall–Kier alpha value is -1.74. The summed E-state index contributed by atoms with van der Waals surface area (Å²) < 4.78 is 5.33. The van der Waals surface area contributed by atoms with Gasteiger partial charge in [0.25, 0.3) is 0 Å². The average molecular weight is 369 g/mol. The van der Waals surface area contributed by atoms with Crippen molar-refractivity contribution >= 4 is 18.0 Å². The fraction of sp³-hybridized carbons (Fsp3) is 0.435. The predicted molar refractivity (Wildman–Crippen MR) is 108 cm³/mol. The van der Waals surface area contributed by atoms with Crippen molar-refractivity contribution in [3.8, 4) is 0 Å². The van der Waals surface area contributed by atoms with E-state index in [0.29, 0.717) is 11.5 Å². The third kappa shape index (κ3) is 5.38. The Labute approximate surface area is 161 Å². The van der Waals surface area contributed by atoms with E-state index < -0.39 is 0 Å². The molecule has 0 heterocycles. The van der Waals surface area contributed by atoms with Crippen LogP contribution in [0.1, 0.15) is 73.7 Å². The van der Waals surface area contributed by atoms with E-state index in [1.54, 1.807) is 0 Å². The first-order valence-electron chi connectivity index (χ1n) is 9.80. The van der Waals surface area contributed by atoms with Crippen molar-refractivity contribution in [3.05, 3.63) is 65.7 Å². The van der Waals surface area contributed by atoms with Gasteiger partial charge in [0.05, 0.1) is 17.6 Å². The zero-order valence-corrected chi connectivity index (χ0v) is 16.3. The molecule has 2 aromatic carbocycles. The smallest absolute Gasteiger partial charge is 0.350 e. The highest BCUT2D eigenvalue weighted by Gasteiger charge is 2.22. The maximum Gasteiger partial charge on any atom is 0.350 e. The monoisotopic (exact) mass is 368 g/mol. The average Bonchev–Trinajstić information content (AvgIpc) is 2.72. The van der Waals surface area contributed by atoms with Gasteiger partial charge in [-0.15, -0.1) is 0 Å². The van der Waals surface area contributed by atoms with Gasteiger partial charge < -0.3 is 4.18 Å². The van der Waals surface area contributed by atoms with Gasteiger partial charge in [0.15, 0.2) is 0 Å². The second kappa shape index (κ2) is 9.82. The molecule has 2 aromatic rings. The Morgan fingerprint density at radius 3 is 2.35 bits per heavy atom. The van der Waals surface area contributed by atoms with Gasteiger partial charge in [-0.3, -0.25) is 0 Å². The first-order chi connectivity index (χ1) is 12.8. The van der Waals surface area contributed by atoms with E-state index in [-0.39, 0.29) is 5.97 Å². The second-order valence-electron chi connectivity index (χ2n) is 7.25. The van der Waals surface area contributed by atoms with Gasteiger partial charge in [-0.2, -0.15) is 0 Å². The number of benzene rings is 2. The van der Waals surface area contributed by atoms with E-state index in [9.17, 15) is 4.79 Å². The third-order valence-electron chi connectivity index (χ3n) is 5.39. The Bertz CT molecular complexity index is 673. The Kier molecular flexibility index (Phi) is 7.19. The molecule has 0 bridgehead atoms. The number of hydrogen-bond donors (Lipinski definition) is 0. The Morgan fingerprint density at radius 1 is 1.00 bits per heavy atom. The van der Waals surface area contributed by atoms with Crippen LogP contribution in [0.3, 0.4) is 0 Å². The minimum Gasteiger partial charge on any atom is -0.382 e. The standard InChI is InChI=1S/C23H28O2S/c1-2-3-7-18-10-12-19(13-11-18)20-14-16-21(17-15-20)23(24)25-26-22-8-5-4-6-9-22/h4-6,8-9,14-19H,2-3,7,10-13H2,1H3. The molecule has 138 valence electrons. The normalized spacial score (nSPS) is 19.9. The molecule has 2 nitrogen and oxygen atoms in total. The van der Waals surface area contributed by atoms with Crippen molar-refractivity contribution in [2.75, 3.05) is 0 Å². The summed E-state index contributed by atoms with van der Waals surface area (Å²) in [4.78, 5) is 13.1. The number of rotatable bonds is 7. The minimum absolute atomic E-state index is 0.284. The quantitative estimate of drug-likeness (QED) is 0.491. The molecule has 0 aromatic heterocycles. The summed E-state index contributed by atoms with van der Waals surface area (Å²) in [7, 11) is 0. The molecule has 1 fully saturated rings. The van der Waals surface area contributed by atoms with Crippen LogP contribution in [-0.4, -0.2) is 5.97 Å². The van der Waals surface area contributed by atoms with Gasteiger partial charge in [-0.05, 0) is 67.3 Å². The van der Waals surface area contributed by atoms with E-state index in [4.69, 9.17) is 4.18 Å². The van der Waals surface area contributed by atoms with Crippen LogP contribution in [0.15, 0.2) is 59.5 Å². The number of carbonyl (C=O) groups is 1. The van der Waals surface area contributed by atoms with Gasteiger partial charge in [0.2, 0.25) is 0 Å². The lowest BCUT2D eigenvalue weighted by molar-refractivity contribution is 0.0768. The lowest BCUT2D eigenvalue weighted by atomic mass is 9.77. The zero-order chi connectivity index (χ0) is 18.2. The molecular formula is C23H28O2S. The van der Waals surface area contributed by atoms with Crippen LogP contribution in [0.4, 0.5) is 0 Å². The predicted octanol–water partition coefficient (Wildman–Crippen LogP) is 7.01. The van der Waals surface area contributed by atoms with Crippen LogP contribution in [0, 0.1) is 5.92 Å². The molecule has 3 rings (SSSR count). The van der Waals surface area contributed by atoms with Gasteiger partial charge in [-0.1, -0.05) is 56.5 Å². The second-order valence-corrected chi connectivity index (χ2v) is 8.05. The Morgan fingerprint density at radius 2 is 1.69 bits per heavy atom. The summed E-state index contributed by atoms with van der Waals surface area (Å²) in [5, 5.41) is 0. The van der Waals surface area contributed by atoms with Crippen LogP contribution in [0.5, 0.6) is 0 Å². The van der Waals surface area contributed by atoms with Gasteiger partial charge >= 0.3 is 5.97 Å². The molecule has 1 aliphatic rings. The molecule has 3 heteroatoms. The fourth-order valence-electron chi connectivity index (χ4n) is 3.78. The summed E-state index contributed by atoms with van der Waals surface area (Å²) >= 11 is 1.11. The lowest BCUT2D eigenvalue weighted by Gasteiger charge is -2.28. The van der Waals surface area contributed by atoms with E-state index in [2.05, 4.69) is 19.1 Å². The van der Waals surface area contributed by atoms with Crippen LogP contribution >= 0.6 is 12.0 Å². The van der Waals surface area contributed by atoms with Gasteiger partial charge in [0.1, 0.15) is 0 Å². The first kappa shape index (κ1) is 19.0. The lowest BCUT2D eigenvalue weighted by Crippen LogP contribution is -2.13. The molecule has 1 aliphatic carbocycles. The summed E-state index contributed by atoms with van der Waals surface area (Å²) in [6, 6.07) is 17.7. The van der Waals surface area contributed by atoms with E-state index in [1.165, 1.54) is 50.5 Å². The molecule has 0 saturated heterocycles. The number of carbonyl (C=O) groups excluding carboxylic acids is 1. The highest BCUT2D eigenvalue weighted by atomic mass is 32.2. The van der Waals surface area contributed by atoms with Crippen molar-refractivity contribution in [1.29, 1.82) is 0 Å². The molecule has 0 N–H and O–H groups in total. The zero-order valence-electron chi connectivity index (χ0n) is 15.5. The van der Waals surface area contributed by atoms with E-state index >= 15 is 0 Å². The minimum atomic E-state index is -0.284. The summed E-state index contributed by atoms with van der Waals surface area (Å²) in [6.45, 7) is 2.27. The van der Waals surface area contributed by atoms with Crippen LogP contribution in [0.2, 0.25) is 0 Å². The third-order valence-corrected chi connectivity index (χ3v) is 6.09. The van der Waals surface area contributed by atoms with Crippen LogP contribution in [-0.2, 0) is 4.18 Å². The molecule has 0 aliphatic heterocycles. The topological polar surface area (TPSA) is 26.3 Å². The summed E-state index contributed by atoms with van der Waals surface area (Å²) in [6.07, 6.45) is 9.33. The molecular weight excluding hydrogens is 340 g/mol. The summed E-state index contributed by atoms with van der Waals surface area (Å²) in [5.41, 5.74) is 1.99. The molecule has 0 amide bonds. The molecule has 0 spiro atoms. The van der Waals surface area contributed by atoms with Gasteiger partial charge in [0, 0.05) is 4.90 Å². The van der Waals surface area contributed by atoms with Crippen molar-refractivity contribution in [2.45, 2.75) is 62.7 Å². The van der Waals surface area contributed by atoms with E-state index in [1.807, 2.05) is 42.5 Å². The van der Waals surface area contributed by atoms with E-state index in [0.717, 1.165) is 22.9 Å². The number of hydrogen-bond acceptors (Lipinski definition) is 3. The molecule has 0 radical (unpaired) electrons. The first-order valence-corrected chi connectivity index (χ1v) is 10.5. The van der Waals surface area contributed by atoms with Crippen molar-refractivity contribution < 1.29 is 8.98 Å². The van der Waals surface area contributed by atoms with Crippen molar-refractivity contribution in [2.24, 2.45) is 5.92 Å². The molecule has 0 unspecified atom stereocenters. The maximum absolute atomic E-state index is 12.2. The number of unbranched alkanes of at least 4 members (excludes halogenated alkanes) is 1. The molecule has 26 heavy (non-hydrogen) atoms. The highest BCUT2D eigenvalue weighted by Crippen LogP contribution is 2.37.